The molecule has 1 saturated heterocycles. The van der Waals surface area contributed by atoms with Gasteiger partial charge in [0.15, 0.2) is 5.82 Å². The second kappa shape index (κ2) is 7.50. The van der Waals surface area contributed by atoms with Crippen LogP contribution in [0.5, 0.6) is 0 Å². The van der Waals surface area contributed by atoms with E-state index in [0.29, 0.717) is 6.54 Å². The molecule has 6 nitrogen and oxygen atoms in total. The fourth-order valence-electron chi connectivity index (χ4n) is 3.98. The van der Waals surface area contributed by atoms with E-state index in [1.165, 1.54) is 33.6 Å². The van der Waals surface area contributed by atoms with Crippen LogP contribution in [0.15, 0.2) is 24.4 Å². The lowest BCUT2D eigenvalue weighted by Crippen LogP contribution is -3.12. The molecule has 140 valence electrons. The summed E-state index contributed by atoms with van der Waals surface area (Å²) in [5.41, 5.74) is 2.49. The van der Waals surface area contributed by atoms with Gasteiger partial charge in [0.1, 0.15) is 30.3 Å². The van der Waals surface area contributed by atoms with Crippen LogP contribution in [0.4, 0.5) is 5.82 Å². The van der Waals surface area contributed by atoms with Crippen LogP contribution in [-0.4, -0.2) is 41.3 Å². The van der Waals surface area contributed by atoms with Crippen molar-refractivity contribution in [3.63, 3.8) is 0 Å². The molecule has 3 aromatic heterocycles. The summed E-state index contributed by atoms with van der Waals surface area (Å²) in [4.78, 5) is 18.5. The smallest absolute Gasteiger partial charge is 0.187 e. The van der Waals surface area contributed by atoms with Crippen molar-refractivity contribution in [3.05, 3.63) is 46.4 Å². The van der Waals surface area contributed by atoms with Gasteiger partial charge in [-0.05, 0) is 37.0 Å². The largest absolute Gasteiger partial charge is 0.370 e. The minimum Gasteiger partial charge on any atom is -0.370 e. The lowest BCUT2D eigenvalue weighted by Gasteiger charge is -2.23. The van der Waals surface area contributed by atoms with E-state index in [0.717, 1.165) is 61.4 Å². The number of fused-ring (bicyclic) bond motifs is 3. The maximum Gasteiger partial charge on any atom is 0.187 e. The van der Waals surface area contributed by atoms with Crippen LogP contribution < -0.4 is 10.2 Å². The van der Waals surface area contributed by atoms with E-state index in [1.54, 1.807) is 0 Å². The molecular weight excluding hydrogens is 358 g/mol. The first-order valence-electron chi connectivity index (χ1n) is 9.73. The Hall–Kier alpha value is -2.09. The van der Waals surface area contributed by atoms with Crippen molar-refractivity contribution < 1.29 is 9.64 Å². The van der Waals surface area contributed by atoms with E-state index in [9.17, 15) is 0 Å². The molecule has 1 aliphatic heterocycles. The topological polar surface area (TPSA) is 64.4 Å². The molecule has 4 heterocycles. The van der Waals surface area contributed by atoms with Gasteiger partial charge in [0, 0.05) is 11.1 Å². The zero-order valence-electron chi connectivity index (χ0n) is 15.3. The molecule has 2 N–H and O–H groups in total. The lowest BCUT2D eigenvalue weighted by molar-refractivity contribution is -0.922. The van der Waals surface area contributed by atoms with Crippen LogP contribution >= 0.6 is 11.3 Å². The quantitative estimate of drug-likeness (QED) is 0.702. The number of aromatic nitrogens is 3. The molecule has 0 radical (unpaired) electrons. The van der Waals surface area contributed by atoms with E-state index in [-0.39, 0.29) is 0 Å². The first kappa shape index (κ1) is 17.0. The monoisotopic (exact) mass is 382 g/mol. The highest BCUT2D eigenvalue weighted by Gasteiger charge is 2.24. The number of pyridine rings is 1. The molecule has 1 fully saturated rings. The van der Waals surface area contributed by atoms with E-state index < -0.39 is 0 Å². The van der Waals surface area contributed by atoms with Gasteiger partial charge in [0.25, 0.3) is 0 Å². The highest BCUT2D eigenvalue weighted by Crippen LogP contribution is 2.39. The number of ether oxygens (including phenoxy) is 1. The van der Waals surface area contributed by atoms with Crippen LogP contribution in [-0.2, 0) is 30.7 Å². The molecule has 0 amide bonds. The Balaban J connectivity index is 1.47. The number of hydrogen-bond donors (Lipinski definition) is 2. The Bertz CT molecular complexity index is 936. The van der Waals surface area contributed by atoms with E-state index in [4.69, 9.17) is 14.7 Å². The molecule has 0 spiro atoms. The molecule has 0 saturated carbocycles. The molecule has 27 heavy (non-hydrogen) atoms. The predicted octanol–water partition coefficient (Wildman–Crippen LogP) is 1.60. The van der Waals surface area contributed by atoms with Gasteiger partial charge >= 0.3 is 0 Å². The number of hydrogen-bond acceptors (Lipinski definition) is 6. The second-order valence-electron chi connectivity index (χ2n) is 7.24. The summed E-state index contributed by atoms with van der Waals surface area (Å²) in [6, 6.07) is 6.01. The zero-order chi connectivity index (χ0) is 18.1. The first-order valence-corrected chi connectivity index (χ1v) is 10.5. The number of anilines is 1. The Morgan fingerprint density at radius 1 is 1.15 bits per heavy atom. The van der Waals surface area contributed by atoms with Gasteiger partial charge in [-0.15, -0.1) is 11.3 Å². The Morgan fingerprint density at radius 3 is 2.93 bits per heavy atom. The van der Waals surface area contributed by atoms with Gasteiger partial charge in [-0.2, -0.15) is 0 Å². The van der Waals surface area contributed by atoms with Crippen LogP contribution in [0.3, 0.4) is 0 Å². The molecule has 0 atom stereocenters. The van der Waals surface area contributed by atoms with Gasteiger partial charge in [0.2, 0.25) is 0 Å². The van der Waals surface area contributed by atoms with Gasteiger partial charge in [0.05, 0.1) is 30.8 Å². The average molecular weight is 383 g/mol. The molecule has 3 aromatic rings. The van der Waals surface area contributed by atoms with Gasteiger partial charge in [-0.25, -0.2) is 9.97 Å². The van der Waals surface area contributed by atoms with Crippen molar-refractivity contribution in [3.8, 4) is 0 Å². The fraction of sp³-hybridized carbons (Fsp3) is 0.450. The number of thiophene rings is 1. The normalized spacial score (nSPS) is 17.3. The molecule has 1 aliphatic carbocycles. The SMILES string of the molecule is c1ccc(CNc2nc(C[NH+]3CCOCC3)nc3sc4c(c23)CCC4)nc1. The summed E-state index contributed by atoms with van der Waals surface area (Å²) in [5, 5.41) is 4.80. The molecule has 0 aromatic carbocycles. The van der Waals surface area contributed by atoms with E-state index in [1.807, 2.05) is 35.7 Å². The standard InChI is InChI=1S/C20H23N5OS/c1-2-7-21-14(4-1)12-22-19-18-15-5-3-6-16(15)27-20(18)24-17(23-19)13-25-8-10-26-11-9-25/h1-2,4,7H,3,5-6,8-13H2,(H,22,23,24)/p+1. The third-order valence-electron chi connectivity index (χ3n) is 5.38. The number of quaternary nitrogens is 1. The van der Waals surface area contributed by atoms with Crippen molar-refractivity contribution in [1.82, 2.24) is 15.0 Å². The third-order valence-corrected chi connectivity index (χ3v) is 6.57. The van der Waals surface area contributed by atoms with E-state index >= 15 is 0 Å². The maximum absolute atomic E-state index is 5.48. The van der Waals surface area contributed by atoms with E-state index in [2.05, 4.69) is 10.3 Å². The molecule has 7 heteroatoms. The molecule has 2 aliphatic rings. The van der Waals surface area contributed by atoms with Crippen molar-refractivity contribution >= 4 is 27.4 Å². The van der Waals surface area contributed by atoms with Crippen molar-refractivity contribution in [2.75, 3.05) is 31.6 Å². The Morgan fingerprint density at radius 2 is 2.07 bits per heavy atom. The number of morpholine rings is 1. The average Bonchev–Trinajstić information content (AvgIpc) is 3.28. The summed E-state index contributed by atoms with van der Waals surface area (Å²) in [6.07, 6.45) is 5.41. The first-order chi connectivity index (χ1) is 13.4. The van der Waals surface area contributed by atoms with Gasteiger partial charge in [-0.1, -0.05) is 6.07 Å². The van der Waals surface area contributed by atoms with Crippen LogP contribution in [0.1, 0.15) is 28.4 Å². The predicted molar refractivity (Wildman–Crippen MR) is 106 cm³/mol. The summed E-state index contributed by atoms with van der Waals surface area (Å²) in [7, 11) is 0. The van der Waals surface area contributed by atoms with Crippen molar-refractivity contribution in [2.24, 2.45) is 0 Å². The Kier molecular flexibility index (Phi) is 4.73. The van der Waals surface area contributed by atoms with Crippen molar-refractivity contribution in [1.29, 1.82) is 0 Å². The minimum absolute atomic E-state index is 0.682. The number of nitrogens with one attached hydrogen (secondary N) is 2. The fourth-order valence-corrected chi connectivity index (χ4v) is 5.26. The zero-order valence-corrected chi connectivity index (χ0v) is 16.1. The molecule has 5 rings (SSSR count). The number of aryl methyl sites for hydroxylation is 2. The third kappa shape index (κ3) is 3.54. The molecule has 0 unspecified atom stereocenters. The van der Waals surface area contributed by atoms with Crippen LogP contribution in [0, 0.1) is 0 Å². The Labute approximate surface area is 162 Å². The van der Waals surface area contributed by atoms with Crippen molar-refractivity contribution in [2.45, 2.75) is 32.4 Å². The van der Waals surface area contributed by atoms with Gasteiger partial charge in [-0.3, -0.25) is 4.98 Å². The molecular formula is C20H24N5OS+. The molecule has 0 bridgehead atoms. The van der Waals surface area contributed by atoms with Crippen LogP contribution in [0.25, 0.3) is 10.2 Å². The summed E-state index contributed by atoms with van der Waals surface area (Å²) in [5.74, 6) is 1.91. The maximum atomic E-state index is 5.48. The highest BCUT2D eigenvalue weighted by atomic mass is 32.1. The van der Waals surface area contributed by atoms with Crippen LogP contribution in [0.2, 0.25) is 0 Å². The minimum atomic E-state index is 0.682. The number of nitrogens with zero attached hydrogens (tertiary/aromatic N) is 3. The lowest BCUT2D eigenvalue weighted by atomic mass is 10.2. The summed E-state index contributed by atoms with van der Waals surface area (Å²) >= 11 is 1.86. The number of rotatable bonds is 5. The highest BCUT2D eigenvalue weighted by molar-refractivity contribution is 7.19. The van der Waals surface area contributed by atoms with Gasteiger partial charge < -0.3 is 15.0 Å². The second-order valence-corrected chi connectivity index (χ2v) is 8.32. The summed E-state index contributed by atoms with van der Waals surface area (Å²) < 4.78 is 5.48. The summed E-state index contributed by atoms with van der Waals surface area (Å²) in [6.45, 7) is 5.25.